The molecule has 0 aliphatic carbocycles. The lowest BCUT2D eigenvalue weighted by molar-refractivity contribution is -0.109. The van der Waals surface area contributed by atoms with Gasteiger partial charge in [0.25, 0.3) is 0 Å². The summed E-state index contributed by atoms with van der Waals surface area (Å²) in [5.41, 5.74) is 0.400. The second kappa shape index (κ2) is 3.39. The SMILES string of the molecule is CC1CNCCC12CNC(C=O)C2. The van der Waals surface area contributed by atoms with Crippen LogP contribution in [0.25, 0.3) is 0 Å². The van der Waals surface area contributed by atoms with Gasteiger partial charge in [0.05, 0.1) is 6.04 Å². The van der Waals surface area contributed by atoms with Gasteiger partial charge in [0, 0.05) is 6.54 Å². The molecular weight excluding hydrogens is 164 g/mol. The van der Waals surface area contributed by atoms with E-state index >= 15 is 0 Å². The lowest BCUT2D eigenvalue weighted by Crippen LogP contribution is -2.45. The average Bonchev–Trinajstić information content (AvgIpc) is 2.56. The molecule has 2 aliphatic rings. The molecule has 0 aromatic carbocycles. The third-order valence-electron chi connectivity index (χ3n) is 3.80. The molecule has 2 rings (SSSR count). The van der Waals surface area contributed by atoms with Gasteiger partial charge in [-0.25, -0.2) is 0 Å². The van der Waals surface area contributed by atoms with Crippen molar-refractivity contribution in [3.8, 4) is 0 Å². The maximum Gasteiger partial charge on any atom is 0.136 e. The molecule has 3 nitrogen and oxygen atoms in total. The second-order valence-electron chi connectivity index (χ2n) is 4.55. The van der Waals surface area contributed by atoms with Crippen molar-refractivity contribution in [3.05, 3.63) is 0 Å². The number of piperidine rings is 1. The first-order valence-corrected chi connectivity index (χ1v) is 5.16. The molecule has 2 fully saturated rings. The molecule has 1 spiro atoms. The van der Waals surface area contributed by atoms with E-state index < -0.39 is 0 Å². The van der Waals surface area contributed by atoms with Crippen LogP contribution in [0.15, 0.2) is 0 Å². The lowest BCUT2D eigenvalue weighted by atomic mass is 9.70. The summed E-state index contributed by atoms with van der Waals surface area (Å²) in [6, 6.07) is 0.112. The Morgan fingerprint density at radius 1 is 1.54 bits per heavy atom. The first-order valence-electron chi connectivity index (χ1n) is 5.16. The van der Waals surface area contributed by atoms with E-state index in [1.54, 1.807) is 0 Å². The molecule has 0 radical (unpaired) electrons. The van der Waals surface area contributed by atoms with E-state index in [1.165, 1.54) is 6.42 Å². The van der Waals surface area contributed by atoms with Crippen LogP contribution in [0, 0.1) is 11.3 Å². The Bertz CT molecular complexity index is 207. The second-order valence-corrected chi connectivity index (χ2v) is 4.55. The number of nitrogens with one attached hydrogen (secondary N) is 2. The standard InChI is InChI=1S/C10H18N2O/c1-8-5-11-3-2-10(8)4-9(6-13)12-7-10/h6,8-9,11-12H,2-5,7H2,1H3. The quantitative estimate of drug-likeness (QED) is 0.568. The molecule has 13 heavy (non-hydrogen) atoms. The monoisotopic (exact) mass is 182 g/mol. The van der Waals surface area contributed by atoms with Crippen molar-refractivity contribution in [2.24, 2.45) is 11.3 Å². The van der Waals surface area contributed by atoms with Crippen molar-refractivity contribution in [2.45, 2.75) is 25.8 Å². The van der Waals surface area contributed by atoms with Gasteiger partial charge in [-0.15, -0.1) is 0 Å². The summed E-state index contributed by atoms with van der Waals surface area (Å²) in [4.78, 5) is 10.7. The van der Waals surface area contributed by atoms with E-state index in [4.69, 9.17) is 0 Å². The van der Waals surface area contributed by atoms with Gasteiger partial charge in [0.1, 0.15) is 6.29 Å². The normalized spacial score (nSPS) is 45.3. The van der Waals surface area contributed by atoms with Gasteiger partial charge in [-0.05, 0) is 37.3 Å². The molecule has 3 unspecified atom stereocenters. The van der Waals surface area contributed by atoms with Gasteiger partial charge in [0.15, 0.2) is 0 Å². The number of aldehydes is 1. The van der Waals surface area contributed by atoms with Crippen LogP contribution in [0.1, 0.15) is 19.8 Å². The van der Waals surface area contributed by atoms with Crippen LogP contribution in [0.2, 0.25) is 0 Å². The summed E-state index contributed by atoms with van der Waals surface area (Å²) >= 11 is 0. The van der Waals surface area contributed by atoms with Crippen molar-refractivity contribution in [1.82, 2.24) is 10.6 Å². The van der Waals surface area contributed by atoms with Crippen molar-refractivity contribution in [1.29, 1.82) is 0 Å². The fraction of sp³-hybridized carbons (Fsp3) is 0.900. The minimum atomic E-state index is 0.112. The molecule has 0 aromatic rings. The third kappa shape index (κ3) is 1.51. The first-order chi connectivity index (χ1) is 6.27. The van der Waals surface area contributed by atoms with Gasteiger partial charge in [-0.2, -0.15) is 0 Å². The minimum Gasteiger partial charge on any atom is -0.316 e. The van der Waals surface area contributed by atoms with Crippen LogP contribution in [0.4, 0.5) is 0 Å². The van der Waals surface area contributed by atoms with Crippen LogP contribution < -0.4 is 10.6 Å². The first kappa shape index (κ1) is 9.16. The average molecular weight is 182 g/mol. The zero-order valence-electron chi connectivity index (χ0n) is 8.18. The summed E-state index contributed by atoms with van der Waals surface area (Å²) < 4.78 is 0. The maximum atomic E-state index is 10.7. The molecule has 0 aromatic heterocycles. The largest absolute Gasteiger partial charge is 0.316 e. The number of hydrogen-bond acceptors (Lipinski definition) is 3. The molecular formula is C10H18N2O. The van der Waals surface area contributed by atoms with Crippen molar-refractivity contribution >= 4 is 6.29 Å². The van der Waals surface area contributed by atoms with Crippen LogP contribution >= 0.6 is 0 Å². The lowest BCUT2D eigenvalue weighted by Gasteiger charge is -2.39. The highest BCUT2D eigenvalue weighted by molar-refractivity contribution is 5.58. The Hall–Kier alpha value is -0.410. The molecule has 3 atom stereocenters. The predicted molar refractivity (Wildman–Crippen MR) is 51.6 cm³/mol. The fourth-order valence-electron chi connectivity index (χ4n) is 2.70. The van der Waals surface area contributed by atoms with E-state index in [-0.39, 0.29) is 6.04 Å². The van der Waals surface area contributed by atoms with Crippen LogP contribution in [-0.4, -0.2) is 32.0 Å². The molecule has 0 amide bonds. The Balaban J connectivity index is 2.07. The van der Waals surface area contributed by atoms with Gasteiger partial charge in [0.2, 0.25) is 0 Å². The molecule has 0 bridgehead atoms. The molecule has 2 saturated heterocycles. The fourth-order valence-corrected chi connectivity index (χ4v) is 2.70. The number of carbonyl (C=O) groups excluding carboxylic acids is 1. The van der Waals surface area contributed by atoms with E-state index in [2.05, 4.69) is 17.6 Å². The van der Waals surface area contributed by atoms with E-state index in [0.717, 1.165) is 32.3 Å². The van der Waals surface area contributed by atoms with E-state index in [1.807, 2.05) is 0 Å². The van der Waals surface area contributed by atoms with Gasteiger partial charge < -0.3 is 15.4 Å². The Morgan fingerprint density at radius 2 is 2.38 bits per heavy atom. The van der Waals surface area contributed by atoms with E-state index in [9.17, 15) is 4.79 Å². The molecule has 2 aliphatic heterocycles. The summed E-state index contributed by atoms with van der Waals surface area (Å²) in [6.07, 6.45) is 3.31. The zero-order chi connectivity index (χ0) is 9.31. The minimum absolute atomic E-state index is 0.112. The van der Waals surface area contributed by atoms with Gasteiger partial charge in [-0.1, -0.05) is 6.92 Å². The van der Waals surface area contributed by atoms with Crippen molar-refractivity contribution < 1.29 is 4.79 Å². The highest BCUT2D eigenvalue weighted by Crippen LogP contribution is 2.40. The van der Waals surface area contributed by atoms with Gasteiger partial charge >= 0.3 is 0 Å². The Kier molecular flexibility index (Phi) is 2.39. The summed E-state index contributed by atoms with van der Waals surface area (Å²) in [5.74, 6) is 0.693. The van der Waals surface area contributed by atoms with Crippen LogP contribution in [-0.2, 0) is 4.79 Å². The molecule has 0 saturated carbocycles. The van der Waals surface area contributed by atoms with Crippen LogP contribution in [0.5, 0.6) is 0 Å². The smallest absolute Gasteiger partial charge is 0.136 e. The predicted octanol–water partition coefficient (Wildman–Crippen LogP) is 0.163. The highest BCUT2D eigenvalue weighted by Gasteiger charge is 2.43. The molecule has 2 heterocycles. The van der Waals surface area contributed by atoms with Crippen molar-refractivity contribution in [3.63, 3.8) is 0 Å². The van der Waals surface area contributed by atoms with Gasteiger partial charge in [-0.3, -0.25) is 0 Å². The number of rotatable bonds is 1. The van der Waals surface area contributed by atoms with Crippen LogP contribution in [0.3, 0.4) is 0 Å². The Morgan fingerprint density at radius 3 is 3.00 bits per heavy atom. The summed E-state index contributed by atoms with van der Waals surface area (Å²) in [5, 5.41) is 6.70. The number of carbonyl (C=O) groups is 1. The molecule has 3 heteroatoms. The summed E-state index contributed by atoms with van der Waals surface area (Å²) in [7, 11) is 0. The highest BCUT2D eigenvalue weighted by atomic mass is 16.1. The van der Waals surface area contributed by atoms with E-state index in [0.29, 0.717) is 11.3 Å². The maximum absolute atomic E-state index is 10.7. The van der Waals surface area contributed by atoms with Crippen molar-refractivity contribution in [2.75, 3.05) is 19.6 Å². The zero-order valence-corrected chi connectivity index (χ0v) is 8.18. The molecule has 74 valence electrons. The molecule has 2 N–H and O–H groups in total. The topological polar surface area (TPSA) is 41.1 Å². The Labute approximate surface area is 79.3 Å². The summed E-state index contributed by atoms with van der Waals surface area (Å²) in [6.45, 7) is 5.53. The number of hydrogen-bond donors (Lipinski definition) is 2. The third-order valence-corrected chi connectivity index (χ3v) is 3.80.